The van der Waals surface area contributed by atoms with Crippen molar-refractivity contribution < 1.29 is 13.6 Å². The van der Waals surface area contributed by atoms with E-state index in [1.165, 1.54) is 0 Å². The van der Waals surface area contributed by atoms with Crippen molar-refractivity contribution in [3.8, 4) is 0 Å². The van der Waals surface area contributed by atoms with Gasteiger partial charge < -0.3 is 9.05 Å². The first kappa shape index (κ1) is 16.5. The molecule has 3 nitrogen and oxygen atoms in total. The minimum atomic E-state index is -3.09. The third-order valence-electron chi connectivity index (χ3n) is 1.90. The van der Waals surface area contributed by atoms with Gasteiger partial charge in [-0.1, -0.05) is 19.8 Å². The maximum absolute atomic E-state index is 12.5. The average Bonchev–Trinajstić information content (AvgIpc) is 2.11. The van der Waals surface area contributed by atoms with Crippen LogP contribution in [0.25, 0.3) is 0 Å². The second-order valence-corrected chi connectivity index (χ2v) is 7.63. The van der Waals surface area contributed by atoms with Gasteiger partial charge in [-0.25, -0.2) is 0 Å². The van der Waals surface area contributed by atoms with E-state index in [2.05, 4.69) is 19.6 Å². The summed E-state index contributed by atoms with van der Waals surface area (Å²) in [6.45, 7) is 9.53. The molecule has 0 N–H and O–H groups in total. The highest BCUT2D eigenvalue weighted by Gasteiger charge is 2.35. The molecule has 0 radical (unpaired) electrons. The number of thiol groups is 1. The van der Waals surface area contributed by atoms with Crippen LogP contribution in [-0.2, 0) is 13.6 Å². The zero-order valence-electron chi connectivity index (χ0n) is 11.0. The molecule has 0 saturated heterocycles. The van der Waals surface area contributed by atoms with Gasteiger partial charge >= 0.3 is 7.60 Å². The Balaban J connectivity index is 4.56. The molecule has 0 amide bonds. The molecule has 0 saturated carbocycles. The molecule has 1 atom stereocenters. The summed E-state index contributed by atoms with van der Waals surface area (Å²) in [7, 11) is -3.09. The summed E-state index contributed by atoms with van der Waals surface area (Å²) in [5.41, 5.74) is 0. The zero-order valence-corrected chi connectivity index (χ0v) is 12.8. The van der Waals surface area contributed by atoms with Crippen LogP contribution in [0.2, 0.25) is 0 Å². The van der Waals surface area contributed by atoms with Crippen molar-refractivity contribution in [1.29, 1.82) is 0 Å². The summed E-state index contributed by atoms with van der Waals surface area (Å²) in [5.74, 6) is 0. The molecule has 0 aromatic heterocycles. The lowest BCUT2D eigenvalue weighted by Gasteiger charge is -2.27. The third-order valence-corrected chi connectivity index (χ3v) is 5.42. The molecule has 0 aliphatic heterocycles. The van der Waals surface area contributed by atoms with Crippen molar-refractivity contribution in [2.24, 2.45) is 0 Å². The van der Waals surface area contributed by atoms with E-state index in [4.69, 9.17) is 9.05 Å². The van der Waals surface area contributed by atoms with Crippen LogP contribution in [0.4, 0.5) is 0 Å². The van der Waals surface area contributed by atoms with E-state index in [1.807, 2.05) is 27.7 Å². The molecule has 0 heterocycles. The highest BCUT2D eigenvalue weighted by atomic mass is 32.1. The van der Waals surface area contributed by atoms with Crippen LogP contribution in [0.3, 0.4) is 0 Å². The Hall–Kier alpha value is 0.500. The SMILES string of the molecule is CCCC[C@@H](S)P(=O)(OC(C)C)OC(C)C. The fourth-order valence-corrected chi connectivity index (χ4v) is 3.81. The van der Waals surface area contributed by atoms with E-state index in [0.29, 0.717) is 0 Å². The topological polar surface area (TPSA) is 35.5 Å². The molecular formula is C11H25O3PS. The Labute approximate surface area is 105 Å². The molecule has 0 fully saturated rings. The van der Waals surface area contributed by atoms with Gasteiger partial charge in [0.15, 0.2) is 0 Å². The first-order chi connectivity index (χ1) is 7.31. The molecule has 0 spiro atoms. The Morgan fingerprint density at radius 2 is 1.56 bits per heavy atom. The zero-order chi connectivity index (χ0) is 12.8. The van der Waals surface area contributed by atoms with E-state index in [-0.39, 0.29) is 17.2 Å². The largest absolute Gasteiger partial charge is 0.343 e. The van der Waals surface area contributed by atoms with E-state index in [9.17, 15) is 4.57 Å². The fraction of sp³-hybridized carbons (Fsp3) is 1.00. The van der Waals surface area contributed by atoms with E-state index < -0.39 is 7.60 Å². The highest BCUT2D eigenvalue weighted by molar-refractivity contribution is 7.89. The fourth-order valence-electron chi connectivity index (χ4n) is 1.30. The predicted octanol–water partition coefficient (Wildman–Crippen LogP) is 4.48. The van der Waals surface area contributed by atoms with Gasteiger partial charge in [0.2, 0.25) is 0 Å². The van der Waals surface area contributed by atoms with Crippen LogP contribution >= 0.6 is 20.2 Å². The summed E-state index contributed by atoms with van der Waals surface area (Å²) in [4.78, 5) is -0.322. The lowest BCUT2D eigenvalue weighted by atomic mass is 10.3. The quantitative estimate of drug-likeness (QED) is 0.521. The second kappa shape index (κ2) is 7.75. The summed E-state index contributed by atoms with van der Waals surface area (Å²) < 4.78 is 23.4. The molecule has 0 unspecified atom stereocenters. The van der Waals surface area contributed by atoms with Crippen LogP contribution in [0.5, 0.6) is 0 Å². The van der Waals surface area contributed by atoms with Crippen molar-refractivity contribution in [2.45, 2.75) is 71.1 Å². The number of unbranched alkanes of at least 4 members (excludes halogenated alkanes) is 1. The first-order valence-corrected chi connectivity index (χ1v) is 8.09. The van der Waals surface area contributed by atoms with Gasteiger partial charge in [-0.05, 0) is 34.1 Å². The minimum Gasteiger partial charge on any atom is -0.305 e. The van der Waals surface area contributed by atoms with Crippen molar-refractivity contribution in [3.05, 3.63) is 0 Å². The molecule has 0 aromatic rings. The van der Waals surface area contributed by atoms with Crippen LogP contribution in [0.1, 0.15) is 53.9 Å². The first-order valence-electron chi connectivity index (χ1n) is 5.96. The number of rotatable bonds is 8. The molecule has 0 aliphatic rings. The lowest BCUT2D eigenvalue weighted by molar-refractivity contribution is 0.140. The monoisotopic (exact) mass is 268 g/mol. The van der Waals surface area contributed by atoms with Crippen LogP contribution in [-0.4, -0.2) is 17.2 Å². The van der Waals surface area contributed by atoms with Crippen molar-refractivity contribution >= 4 is 20.2 Å². The Bertz CT molecular complexity index is 217. The Morgan fingerprint density at radius 1 is 1.12 bits per heavy atom. The highest BCUT2D eigenvalue weighted by Crippen LogP contribution is 2.57. The normalized spacial score (nSPS) is 14.8. The van der Waals surface area contributed by atoms with Gasteiger partial charge in [0.25, 0.3) is 0 Å². The standard InChI is InChI=1S/C11H25O3PS/c1-6-7-8-11(16)15(12,13-9(2)3)14-10(4)5/h9-11,16H,6-8H2,1-5H3/t11-/m1/s1. The summed E-state index contributed by atoms with van der Waals surface area (Å²) >= 11 is 4.38. The summed E-state index contributed by atoms with van der Waals surface area (Å²) in [6.07, 6.45) is 2.58. The molecule has 0 rings (SSSR count). The third kappa shape index (κ3) is 6.29. The van der Waals surface area contributed by atoms with Gasteiger partial charge in [-0.3, -0.25) is 4.57 Å². The van der Waals surface area contributed by atoms with Gasteiger partial charge in [0, 0.05) is 0 Å². The Kier molecular flexibility index (Phi) is 8.00. The van der Waals surface area contributed by atoms with Gasteiger partial charge in [0.1, 0.15) is 4.99 Å². The Morgan fingerprint density at radius 3 is 1.88 bits per heavy atom. The molecule has 0 bridgehead atoms. The number of hydrogen-bond acceptors (Lipinski definition) is 4. The summed E-state index contributed by atoms with van der Waals surface area (Å²) in [6, 6.07) is 0. The lowest BCUT2D eigenvalue weighted by Crippen LogP contribution is -2.14. The maximum atomic E-state index is 12.5. The average molecular weight is 268 g/mol. The summed E-state index contributed by atoms with van der Waals surface area (Å²) in [5, 5.41) is 0. The van der Waals surface area contributed by atoms with Crippen molar-refractivity contribution in [1.82, 2.24) is 0 Å². The van der Waals surface area contributed by atoms with E-state index >= 15 is 0 Å². The van der Waals surface area contributed by atoms with Gasteiger partial charge in [0.05, 0.1) is 12.2 Å². The van der Waals surface area contributed by atoms with Gasteiger partial charge in [-0.2, -0.15) is 12.6 Å². The molecule has 0 aliphatic carbocycles. The molecule has 5 heteroatoms. The van der Waals surface area contributed by atoms with Crippen molar-refractivity contribution in [3.63, 3.8) is 0 Å². The molecule has 0 aromatic carbocycles. The van der Waals surface area contributed by atoms with E-state index in [0.717, 1.165) is 19.3 Å². The molecular weight excluding hydrogens is 243 g/mol. The maximum Gasteiger partial charge on any atom is 0.343 e. The predicted molar refractivity (Wildman–Crippen MR) is 72.3 cm³/mol. The molecule has 98 valence electrons. The minimum absolute atomic E-state index is 0.110. The second-order valence-electron chi connectivity index (χ2n) is 4.47. The van der Waals surface area contributed by atoms with Crippen LogP contribution in [0.15, 0.2) is 0 Å². The van der Waals surface area contributed by atoms with E-state index in [1.54, 1.807) is 0 Å². The van der Waals surface area contributed by atoms with Crippen LogP contribution in [0, 0.1) is 0 Å². The van der Waals surface area contributed by atoms with Gasteiger partial charge in [-0.15, -0.1) is 0 Å². The number of hydrogen-bond donors (Lipinski definition) is 1. The van der Waals surface area contributed by atoms with Crippen LogP contribution < -0.4 is 0 Å². The smallest absolute Gasteiger partial charge is 0.305 e. The van der Waals surface area contributed by atoms with Crippen molar-refractivity contribution in [2.75, 3.05) is 0 Å². The molecule has 16 heavy (non-hydrogen) atoms.